The topological polar surface area (TPSA) is 29.3 Å². The molecule has 0 aliphatic rings. The van der Waals surface area contributed by atoms with Crippen molar-refractivity contribution in [2.45, 2.75) is 32.7 Å². The fourth-order valence-corrected chi connectivity index (χ4v) is 1.91. The van der Waals surface area contributed by atoms with E-state index in [1.165, 1.54) is 31.5 Å². The van der Waals surface area contributed by atoms with Crippen molar-refractivity contribution < 1.29 is 0 Å². The Morgan fingerprint density at radius 2 is 1.81 bits per heavy atom. The lowest BCUT2D eigenvalue weighted by molar-refractivity contribution is 0.261. The van der Waals surface area contributed by atoms with Gasteiger partial charge in [0.1, 0.15) is 0 Å². The van der Waals surface area contributed by atoms with Crippen LogP contribution in [0.2, 0.25) is 0 Å². The molecule has 2 heteroatoms. The number of unbranched alkanes of at least 4 members (excludes halogenated alkanes) is 1. The molecule has 0 unspecified atom stereocenters. The number of benzene rings is 1. The van der Waals surface area contributed by atoms with Gasteiger partial charge in [-0.2, -0.15) is 0 Å². The van der Waals surface area contributed by atoms with E-state index in [0.29, 0.717) is 0 Å². The van der Waals surface area contributed by atoms with Gasteiger partial charge in [-0.3, -0.25) is 4.90 Å². The molecule has 1 aromatic carbocycles. The molecule has 0 saturated heterocycles. The first kappa shape index (κ1) is 13.2. The molecule has 0 fully saturated rings. The number of hydrogen-bond donors (Lipinski definition) is 1. The molecule has 1 rings (SSSR count). The normalized spacial score (nSPS) is 10.9. The standard InChI is InChI=1S/C14H24N2/c1-2-11-16(12-7-6-10-15)13-14-8-4-3-5-9-14/h3-5,8-9H,2,6-7,10-13,15H2,1H3. The molecule has 0 bridgehead atoms. The second-order valence-corrected chi connectivity index (χ2v) is 4.26. The predicted octanol–water partition coefficient (Wildman–Crippen LogP) is 2.64. The first-order valence-corrected chi connectivity index (χ1v) is 6.33. The molecule has 0 spiro atoms. The highest BCUT2D eigenvalue weighted by Crippen LogP contribution is 2.06. The largest absolute Gasteiger partial charge is 0.330 e. The maximum atomic E-state index is 5.52. The molecule has 2 N–H and O–H groups in total. The van der Waals surface area contributed by atoms with E-state index in [1.54, 1.807) is 0 Å². The van der Waals surface area contributed by atoms with E-state index in [0.717, 1.165) is 19.5 Å². The average molecular weight is 220 g/mol. The molecule has 16 heavy (non-hydrogen) atoms. The molecule has 2 nitrogen and oxygen atoms in total. The molecule has 0 aromatic heterocycles. The zero-order valence-electron chi connectivity index (χ0n) is 10.4. The van der Waals surface area contributed by atoms with E-state index < -0.39 is 0 Å². The van der Waals surface area contributed by atoms with Crippen molar-refractivity contribution in [2.24, 2.45) is 5.73 Å². The minimum atomic E-state index is 0.811. The lowest BCUT2D eigenvalue weighted by Crippen LogP contribution is -2.25. The van der Waals surface area contributed by atoms with Crippen LogP contribution in [-0.4, -0.2) is 24.5 Å². The van der Waals surface area contributed by atoms with Gasteiger partial charge in [0, 0.05) is 6.54 Å². The molecule has 90 valence electrons. The zero-order valence-corrected chi connectivity index (χ0v) is 10.4. The van der Waals surface area contributed by atoms with E-state index in [-0.39, 0.29) is 0 Å². The molecule has 0 atom stereocenters. The SMILES string of the molecule is CCCN(CCCCN)Cc1ccccc1. The Hall–Kier alpha value is -0.860. The first-order valence-electron chi connectivity index (χ1n) is 6.33. The van der Waals surface area contributed by atoms with Gasteiger partial charge in [0.05, 0.1) is 0 Å². The summed E-state index contributed by atoms with van der Waals surface area (Å²) in [5, 5.41) is 0. The quantitative estimate of drug-likeness (QED) is 0.682. The Kier molecular flexibility index (Phi) is 6.86. The van der Waals surface area contributed by atoms with E-state index in [9.17, 15) is 0 Å². The summed E-state index contributed by atoms with van der Waals surface area (Å²) < 4.78 is 0. The molecule has 0 aliphatic heterocycles. The Morgan fingerprint density at radius 3 is 2.44 bits per heavy atom. The first-order chi connectivity index (χ1) is 7.86. The minimum absolute atomic E-state index is 0.811. The smallest absolute Gasteiger partial charge is 0.0233 e. The monoisotopic (exact) mass is 220 g/mol. The third-order valence-electron chi connectivity index (χ3n) is 2.72. The lowest BCUT2D eigenvalue weighted by atomic mass is 10.2. The molecular weight excluding hydrogens is 196 g/mol. The van der Waals surface area contributed by atoms with Crippen molar-refractivity contribution in [1.29, 1.82) is 0 Å². The summed E-state index contributed by atoms with van der Waals surface area (Å²) in [5.74, 6) is 0. The van der Waals surface area contributed by atoms with Crippen molar-refractivity contribution in [2.75, 3.05) is 19.6 Å². The maximum absolute atomic E-state index is 5.52. The Balaban J connectivity index is 2.38. The van der Waals surface area contributed by atoms with Crippen molar-refractivity contribution >= 4 is 0 Å². The van der Waals surface area contributed by atoms with Gasteiger partial charge in [-0.1, -0.05) is 37.3 Å². The second kappa shape index (κ2) is 8.31. The van der Waals surface area contributed by atoms with Crippen molar-refractivity contribution in [3.63, 3.8) is 0 Å². The Labute approximate surface area is 99.5 Å². The highest BCUT2D eigenvalue weighted by Gasteiger charge is 2.03. The average Bonchev–Trinajstić information content (AvgIpc) is 2.31. The fraction of sp³-hybridized carbons (Fsp3) is 0.571. The van der Waals surface area contributed by atoms with Gasteiger partial charge in [-0.25, -0.2) is 0 Å². The van der Waals surface area contributed by atoms with Crippen molar-refractivity contribution in [3.05, 3.63) is 35.9 Å². The summed E-state index contributed by atoms with van der Waals surface area (Å²) in [5.41, 5.74) is 6.93. The van der Waals surface area contributed by atoms with Crippen LogP contribution < -0.4 is 5.73 Å². The molecule has 0 heterocycles. The summed E-state index contributed by atoms with van der Waals surface area (Å²) in [6, 6.07) is 10.7. The van der Waals surface area contributed by atoms with Gasteiger partial charge in [0.15, 0.2) is 0 Å². The van der Waals surface area contributed by atoms with E-state index in [2.05, 4.69) is 42.2 Å². The summed E-state index contributed by atoms with van der Waals surface area (Å²) >= 11 is 0. The van der Waals surface area contributed by atoms with Crippen LogP contribution in [0, 0.1) is 0 Å². The summed E-state index contributed by atoms with van der Waals surface area (Å²) in [6.45, 7) is 6.46. The van der Waals surface area contributed by atoms with Gasteiger partial charge in [-0.05, 0) is 44.5 Å². The van der Waals surface area contributed by atoms with Gasteiger partial charge >= 0.3 is 0 Å². The van der Waals surface area contributed by atoms with Gasteiger partial charge in [0.25, 0.3) is 0 Å². The van der Waals surface area contributed by atoms with E-state index in [4.69, 9.17) is 5.73 Å². The van der Waals surface area contributed by atoms with Crippen molar-refractivity contribution in [1.82, 2.24) is 4.90 Å². The number of nitrogens with two attached hydrogens (primary N) is 1. The Morgan fingerprint density at radius 1 is 1.06 bits per heavy atom. The maximum Gasteiger partial charge on any atom is 0.0233 e. The molecular formula is C14H24N2. The predicted molar refractivity (Wildman–Crippen MR) is 70.3 cm³/mol. The molecule has 1 aromatic rings. The molecule has 0 saturated carbocycles. The van der Waals surface area contributed by atoms with Crippen LogP contribution in [0.25, 0.3) is 0 Å². The zero-order chi connectivity index (χ0) is 11.6. The van der Waals surface area contributed by atoms with Gasteiger partial charge in [0.2, 0.25) is 0 Å². The van der Waals surface area contributed by atoms with Crippen LogP contribution in [0.15, 0.2) is 30.3 Å². The van der Waals surface area contributed by atoms with Crippen LogP contribution in [0.5, 0.6) is 0 Å². The minimum Gasteiger partial charge on any atom is -0.330 e. The van der Waals surface area contributed by atoms with Crippen LogP contribution in [0.4, 0.5) is 0 Å². The molecule has 0 amide bonds. The van der Waals surface area contributed by atoms with Gasteiger partial charge in [-0.15, -0.1) is 0 Å². The third-order valence-corrected chi connectivity index (χ3v) is 2.72. The number of rotatable bonds is 8. The van der Waals surface area contributed by atoms with Crippen LogP contribution in [-0.2, 0) is 6.54 Å². The number of hydrogen-bond acceptors (Lipinski definition) is 2. The van der Waals surface area contributed by atoms with Gasteiger partial charge < -0.3 is 5.73 Å². The van der Waals surface area contributed by atoms with Crippen LogP contribution >= 0.6 is 0 Å². The fourth-order valence-electron chi connectivity index (χ4n) is 1.91. The van der Waals surface area contributed by atoms with E-state index in [1.807, 2.05) is 0 Å². The highest BCUT2D eigenvalue weighted by atomic mass is 15.1. The molecule has 0 radical (unpaired) electrons. The number of nitrogens with zero attached hydrogens (tertiary/aromatic N) is 1. The van der Waals surface area contributed by atoms with E-state index >= 15 is 0 Å². The van der Waals surface area contributed by atoms with Crippen LogP contribution in [0.1, 0.15) is 31.7 Å². The Bertz CT molecular complexity index is 259. The summed E-state index contributed by atoms with van der Waals surface area (Å²) in [6.07, 6.45) is 3.56. The lowest BCUT2D eigenvalue weighted by Gasteiger charge is -2.21. The van der Waals surface area contributed by atoms with Crippen LogP contribution in [0.3, 0.4) is 0 Å². The summed E-state index contributed by atoms with van der Waals surface area (Å²) in [4.78, 5) is 2.52. The second-order valence-electron chi connectivity index (χ2n) is 4.26. The summed E-state index contributed by atoms with van der Waals surface area (Å²) in [7, 11) is 0. The van der Waals surface area contributed by atoms with Crippen molar-refractivity contribution in [3.8, 4) is 0 Å². The highest BCUT2D eigenvalue weighted by molar-refractivity contribution is 5.14. The molecule has 0 aliphatic carbocycles. The third kappa shape index (κ3) is 5.29.